The standard InChI is InChI=1S/2C34H40N4O4SSi/c1-8-26-19-24(3)32-28(15-16-38(32)43(39,40)27-12-9-23(2)10-13-27)31(26)33(41-4)34-36-29-20-25(21-35)11-14-30(29)37(34)22-42-17-18-44(5,6)7;1-8-26-19-24(3)32-28(15-16-38(32)43(39,40)27-12-9-23(2)10-13-27)31(26)33(41-4)34-36-29-14-11-25(21-35)20-30(29)37(34)22-42-17-18-44(5,6)7/h2*9-16,19-20,33H,8,17-18,22H2,1-7H3. The monoisotopic (exact) mass is 1260 g/mol. The molecule has 88 heavy (non-hydrogen) atoms. The average molecular weight is 1260 g/mol. The van der Waals surface area contributed by atoms with E-state index in [2.05, 4.69) is 77.4 Å². The lowest BCUT2D eigenvalue weighted by atomic mass is 9.93. The van der Waals surface area contributed by atoms with Crippen LogP contribution in [-0.2, 0) is 65.3 Å². The fraction of sp³-hybridized carbons (Fsp3) is 0.353. The molecular formula is C68H80N8O8S2Si2. The molecule has 0 saturated carbocycles. The molecule has 0 saturated heterocycles. The largest absolute Gasteiger partial charge is 0.369 e. The SMILES string of the molecule is CCc1cc(C)c2c(ccn2S(=O)(=O)c2ccc(C)cc2)c1C(OC)c1nc2cc(C#N)ccc2n1COCC[Si](C)(C)C.CCc1cc(C)c2c(ccn2S(=O)(=O)c2ccc(C)cc2)c1C(OC)c1nc2ccc(C#N)cc2n1COCC[Si](C)(C)C. The predicted molar refractivity (Wildman–Crippen MR) is 354 cm³/mol. The third kappa shape index (κ3) is 13.3. The highest BCUT2D eigenvalue weighted by Crippen LogP contribution is 2.41. The van der Waals surface area contributed by atoms with Gasteiger partial charge in [0.25, 0.3) is 20.0 Å². The highest BCUT2D eigenvalue weighted by molar-refractivity contribution is 7.90. The zero-order valence-corrected chi connectivity index (χ0v) is 56.7. The topological polar surface area (TPSA) is 198 Å². The van der Waals surface area contributed by atoms with Crippen LogP contribution in [0.25, 0.3) is 43.9 Å². The Kier molecular flexibility index (Phi) is 19.4. The molecule has 10 aromatic rings. The van der Waals surface area contributed by atoms with Crippen molar-refractivity contribution in [3.63, 3.8) is 0 Å². The fourth-order valence-electron chi connectivity index (χ4n) is 11.3. The number of fused-ring (bicyclic) bond motifs is 4. The number of benzene rings is 6. The molecule has 2 unspecified atom stereocenters. The van der Waals surface area contributed by atoms with Crippen molar-refractivity contribution in [1.82, 2.24) is 27.0 Å². The van der Waals surface area contributed by atoms with E-state index < -0.39 is 48.4 Å². The summed E-state index contributed by atoms with van der Waals surface area (Å²) >= 11 is 0. The molecule has 0 aliphatic heterocycles. The van der Waals surface area contributed by atoms with Gasteiger partial charge in [-0.2, -0.15) is 10.5 Å². The summed E-state index contributed by atoms with van der Waals surface area (Å²) in [6.45, 7) is 27.6. The summed E-state index contributed by atoms with van der Waals surface area (Å²) in [5.41, 5.74) is 12.8. The zero-order chi connectivity index (χ0) is 63.6. The molecule has 4 aromatic heterocycles. The van der Waals surface area contributed by atoms with Crippen LogP contribution >= 0.6 is 0 Å². The number of ether oxygens (including phenoxy) is 4. The van der Waals surface area contributed by atoms with Gasteiger partial charge < -0.3 is 28.1 Å². The maximum absolute atomic E-state index is 13.9. The molecule has 2 atom stereocenters. The Morgan fingerprint density at radius 3 is 1.34 bits per heavy atom. The molecule has 0 fully saturated rings. The van der Waals surface area contributed by atoms with E-state index in [0.29, 0.717) is 65.4 Å². The minimum atomic E-state index is -3.85. The number of aryl methyl sites for hydroxylation is 6. The molecule has 0 amide bonds. The summed E-state index contributed by atoms with van der Waals surface area (Å²) in [6, 6.07) is 39.0. The Balaban J connectivity index is 0.000000209. The molecule has 0 radical (unpaired) electrons. The molecule has 10 rings (SSSR count). The summed E-state index contributed by atoms with van der Waals surface area (Å²) < 4.78 is 87.1. The van der Waals surface area contributed by atoms with E-state index in [-0.39, 0.29) is 23.3 Å². The van der Waals surface area contributed by atoms with Gasteiger partial charge in [0.1, 0.15) is 37.3 Å². The second-order valence-corrected chi connectivity index (χ2v) is 39.9. The van der Waals surface area contributed by atoms with Crippen LogP contribution in [0.5, 0.6) is 0 Å². The third-order valence-electron chi connectivity index (χ3n) is 16.1. The lowest BCUT2D eigenvalue weighted by molar-refractivity contribution is 0.0740. The van der Waals surface area contributed by atoms with Gasteiger partial charge in [0.05, 0.1) is 66.2 Å². The van der Waals surface area contributed by atoms with Gasteiger partial charge in [0, 0.05) is 77.9 Å². The lowest BCUT2D eigenvalue weighted by Crippen LogP contribution is -2.22. The number of hydrogen-bond acceptors (Lipinski definition) is 12. The maximum atomic E-state index is 13.9. The fourth-order valence-corrected chi connectivity index (χ4v) is 15.7. The van der Waals surface area contributed by atoms with Gasteiger partial charge in [-0.3, -0.25) is 0 Å². The first kappa shape index (κ1) is 65.0. The van der Waals surface area contributed by atoms with E-state index in [9.17, 15) is 27.4 Å². The smallest absolute Gasteiger partial charge is 0.268 e. The first-order valence-electron chi connectivity index (χ1n) is 29.7. The quantitative estimate of drug-likeness (QED) is 0.0460. The highest BCUT2D eigenvalue weighted by Gasteiger charge is 2.32. The van der Waals surface area contributed by atoms with E-state index in [4.69, 9.17) is 28.9 Å². The predicted octanol–water partition coefficient (Wildman–Crippen LogP) is 14.7. The van der Waals surface area contributed by atoms with Gasteiger partial charge in [-0.15, -0.1) is 0 Å². The van der Waals surface area contributed by atoms with Crippen molar-refractivity contribution in [2.24, 2.45) is 0 Å². The Morgan fingerprint density at radius 2 is 0.932 bits per heavy atom. The van der Waals surface area contributed by atoms with Crippen LogP contribution in [0.15, 0.2) is 131 Å². The summed E-state index contributed by atoms with van der Waals surface area (Å²) in [5, 5.41) is 20.8. The normalized spacial score (nSPS) is 13.0. The number of nitrogens with zero attached hydrogens (tertiary/aromatic N) is 8. The molecule has 6 aromatic carbocycles. The second-order valence-electron chi connectivity index (χ2n) is 25.0. The summed E-state index contributed by atoms with van der Waals surface area (Å²) in [4.78, 5) is 10.5. The average Bonchev–Trinajstić information content (AvgIpc) is 1.66. The van der Waals surface area contributed by atoms with Crippen molar-refractivity contribution in [2.45, 2.75) is 141 Å². The summed E-state index contributed by atoms with van der Waals surface area (Å²) in [7, 11) is -7.00. The van der Waals surface area contributed by atoms with Crippen LogP contribution in [-0.4, -0.2) is 87.5 Å². The third-order valence-corrected chi connectivity index (χ3v) is 22.9. The van der Waals surface area contributed by atoms with Gasteiger partial charge in [-0.1, -0.05) is 101 Å². The molecule has 460 valence electrons. The number of rotatable bonds is 22. The van der Waals surface area contributed by atoms with E-state index in [1.165, 1.54) is 7.94 Å². The minimum Gasteiger partial charge on any atom is -0.369 e. The van der Waals surface area contributed by atoms with Crippen LogP contribution in [0.4, 0.5) is 0 Å². The van der Waals surface area contributed by atoms with Crippen molar-refractivity contribution in [1.29, 1.82) is 10.5 Å². The lowest BCUT2D eigenvalue weighted by Gasteiger charge is -2.23. The van der Waals surface area contributed by atoms with Crippen LogP contribution in [0, 0.1) is 50.4 Å². The first-order valence-corrected chi connectivity index (χ1v) is 40.0. The van der Waals surface area contributed by atoms with E-state index in [0.717, 1.165) is 83.9 Å². The van der Waals surface area contributed by atoms with Crippen molar-refractivity contribution in [3.8, 4) is 12.1 Å². The van der Waals surface area contributed by atoms with E-state index >= 15 is 0 Å². The van der Waals surface area contributed by atoms with Crippen molar-refractivity contribution in [2.75, 3.05) is 27.4 Å². The van der Waals surface area contributed by atoms with Crippen molar-refractivity contribution in [3.05, 3.63) is 189 Å². The Hall–Kier alpha value is -7.51. The molecule has 0 aliphatic carbocycles. The number of hydrogen-bond donors (Lipinski definition) is 0. The van der Waals surface area contributed by atoms with E-state index in [1.807, 2.05) is 67.2 Å². The number of aromatic nitrogens is 6. The Morgan fingerprint density at radius 1 is 0.523 bits per heavy atom. The molecular weight excluding hydrogens is 1180 g/mol. The van der Waals surface area contributed by atoms with E-state index in [1.54, 1.807) is 93.3 Å². The highest BCUT2D eigenvalue weighted by atomic mass is 32.2. The van der Waals surface area contributed by atoms with Crippen LogP contribution < -0.4 is 0 Å². The van der Waals surface area contributed by atoms with Crippen LogP contribution in [0.1, 0.15) is 93.3 Å². The van der Waals surface area contributed by atoms with Crippen molar-refractivity contribution >= 4 is 80.1 Å². The van der Waals surface area contributed by atoms with Gasteiger partial charge >= 0.3 is 0 Å². The van der Waals surface area contributed by atoms with Gasteiger partial charge in [0.2, 0.25) is 0 Å². The maximum Gasteiger partial charge on any atom is 0.268 e. The Labute approximate surface area is 520 Å². The van der Waals surface area contributed by atoms with Crippen molar-refractivity contribution < 1.29 is 35.8 Å². The molecule has 0 bridgehead atoms. The molecule has 0 spiro atoms. The minimum absolute atomic E-state index is 0.231. The second kappa shape index (κ2) is 26.3. The van der Waals surface area contributed by atoms with Gasteiger partial charge in [0.15, 0.2) is 0 Å². The van der Waals surface area contributed by atoms with Crippen LogP contribution in [0.3, 0.4) is 0 Å². The van der Waals surface area contributed by atoms with Crippen LogP contribution in [0.2, 0.25) is 51.4 Å². The zero-order valence-electron chi connectivity index (χ0n) is 53.0. The number of imidazole rings is 2. The molecule has 0 N–H and O–H groups in total. The first-order chi connectivity index (χ1) is 41.8. The molecule has 16 nitrogen and oxygen atoms in total. The molecule has 0 aliphatic rings. The molecule has 4 heterocycles. The number of methoxy groups -OCH3 is 2. The molecule has 20 heteroatoms. The Bertz CT molecular complexity index is 4370. The number of nitriles is 2. The van der Waals surface area contributed by atoms with Gasteiger partial charge in [-0.25, -0.2) is 34.7 Å². The van der Waals surface area contributed by atoms with Gasteiger partial charge in [-0.05, 0) is 148 Å². The summed E-state index contributed by atoms with van der Waals surface area (Å²) in [5.74, 6) is 1.28. The summed E-state index contributed by atoms with van der Waals surface area (Å²) in [6.07, 6.45) is 3.45.